The predicted molar refractivity (Wildman–Crippen MR) is 76.2 cm³/mol. The number of Topliss-reactive ketones (excluding diaryl/α,β-unsaturated/α-hetero) is 1. The Kier molecular flexibility index (Phi) is 4.60. The number of nitrogens with two attached hydrogens (primary N) is 1. The quantitative estimate of drug-likeness (QED) is 0.637. The number of aromatic nitrogens is 1. The van der Waals surface area contributed by atoms with Gasteiger partial charge in [0.1, 0.15) is 5.69 Å². The summed E-state index contributed by atoms with van der Waals surface area (Å²) in [5.74, 6) is -0.167. The van der Waals surface area contributed by atoms with Crippen molar-refractivity contribution in [1.82, 2.24) is 4.98 Å². The number of nitrogens with zero attached hydrogens (tertiary/aromatic N) is 1. The van der Waals surface area contributed by atoms with E-state index in [0.29, 0.717) is 11.4 Å². The van der Waals surface area contributed by atoms with Crippen LogP contribution >= 0.6 is 0 Å². The molecule has 1 heterocycles. The molecule has 3 nitrogen and oxygen atoms in total. The highest BCUT2D eigenvalue weighted by Gasteiger charge is 2.15. The Hall–Kier alpha value is -2.16. The van der Waals surface area contributed by atoms with E-state index in [-0.39, 0.29) is 11.7 Å². The molecule has 0 bridgehead atoms. The number of pyridine rings is 1. The predicted octanol–water partition coefficient (Wildman–Crippen LogP) is 3.26. The third kappa shape index (κ3) is 2.94. The van der Waals surface area contributed by atoms with E-state index in [1.54, 1.807) is 24.4 Å². The zero-order chi connectivity index (χ0) is 13.7. The van der Waals surface area contributed by atoms with Gasteiger partial charge in [-0.05, 0) is 11.6 Å². The Labute approximate surface area is 108 Å². The van der Waals surface area contributed by atoms with Gasteiger partial charge < -0.3 is 5.73 Å². The second-order valence-corrected chi connectivity index (χ2v) is 4.24. The molecule has 18 heavy (non-hydrogen) atoms. The number of anilines is 1. The standard InChI is InChI=1S/C15H18N2O/c1-5-7-11(6-2)12-8-13(16)14(17-9-12)15(18)10(3)4/h5-10H,1-2,16H2,3-4H3/b11-7+. The van der Waals surface area contributed by atoms with Crippen molar-refractivity contribution in [2.75, 3.05) is 5.73 Å². The number of rotatable bonds is 5. The molecule has 2 N–H and O–H groups in total. The number of carbonyl (C=O) groups is 1. The molecular weight excluding hydrogens is 224 g/mol. The summed E-state index contributed by atoms with van der Waals surface area (Å²) < 4.78 is 0. The fourth-order valence-electron chi connectivity index (χ4n) is 1.53. The molecule has 0 aliphatic heterocycles. The fraction of sp³-hybridized carbons (Fsp3) is 0.200. The van der Waals surface area contributed by atoms with Gasteiger partial charge in [0.05, 0.1) is 5.69 Å². The van der Waals surface area contributed by atoms with Crippen LogP contribution in [0.25, 0.3) is 5.57 Å². The van der Waals surface area contributed by atoms with Crippen LogP contribution in [0.1, 0.15) is 29.9 Å². The van der Waals surface area contributed by atoms with Crippen LogP contribution in [0.15, 0.2) is 43.6 Å². The average molecular weight is 242 g/mol. The lowest BCUT2D eigenvalue weighted by atomic mass is 10.0. The highest BCUT2D eigenvalue weighted by Crippen LogP contribution is 2.21. The minimum atomic E-state index is -0.117. The summed E-state index contributed by atoms with van der Waals surface area (Å²) in [4.78, 5) is 16.0. The third-order valence-electron chi connectivity index (χ3n) is 2.53. The molecule has 0 atom stereocenters. The monoisotopic (exact) mass is 242 g/mol. The van der Waals surface area contributed by atoms with Crippen LogP contribution < -0.4 is 5.73 Å². The summed E-state index contributed by atoms with van der Waals surface area (Å²) in [6.45, 7) is 11.0. The fourth-order valence-corrected chi connectivity index (χ4v) is 1.53. The van der Waals surface area contributed by atoms with Crippen LogP contribution in [0.5, 0.6) is 0 Å². The van der Waals surface area contributed by atoms with E-state index < -0.39 is 0 Å². The van der Waals surface area contributed by atoms with Crippen molar-refractivity contribution in [2.24, 2.45) is 5.92 Å². The van der Waals surface area contributed by atoms with Gasteiger partial charge in [-0.25, -0.2) is 0 Å². The molecule has 0 aliphatic carbocycles. The van der Waals surface area contributed by atoms with Crippen LogP contribution in [-0.2, 0) is 0 Å². The van der Waals surface area contributed by atoms with Crippen molar-refractivity contribution >= 4 is 17.0 Å². The summed E-state index contributed by atoms with van der Waals surface area (Å²) in [5, 5.41) is 0. The number of ketones is 1. The maximum absolute atomic E-state index is 11.8. The van der Waals surface area contributed by atoms with Crippen molar-refractivity contribution < 1.29 is 4.79 Å². The second kappa shape index (κ2) is 5.96. The second-order valence-electron chi connectivity index (χ2n) is 4.24. The lowest BCUT2D eigenvalue weighted by molar-refractivity contribution is 0.0935. The molecule has 0 saturated carbocycles. The molecule has 1 aromatic rings. The van der Waals surface area contributed by atoms with Crippen LogP contribution in [0, 0.1) is 5.92 Å². The first kappa shape index (κ1) is 13.9. The number of allylic oxidation sites excluding steroid dienone is 4. The smallest absolute Gasteiger partial charge is 0.185 e. The van der Waals surface area contributed by atoms with Gasteiger partial charge in [0.2, 0.25) is 0 Å². The molecule has 0 amide bonds. The van der Waals surface area contributed by atoms with Crippen molar-refractivity contribution in [3.8, 4) is 0 Å². The highest BCUT2D eigenvalue weighted by atomic mass is 16.1. The molecule has 3 heteroatoms. The van der Waals surface area contributed by atoms with Gasteiger partial charge in [0.15, 0.2) is 5.78 Å². The van der Waals surface area contributed by atoms with Crippen LogP contribution in [-0.4, -0.2) is 10.8 Å². The molecule has 0 spiro atoms. The largest absolute Gasteiger partial charge is 0.397 e. The van der Waals surface area contributed by atoms with E-state index in [1.807, 2.05) is 19.9 Å². The Balaban J connectivity index is 3.21. The van der Waals surface area contributed by atoms with E-state index in [1.165, 1.54) is 0 Å². The maximum atomic E-state index is 11.8. The normalized spacial score (nSPS) is 11.4. The first-order valence-electron chi connectivity index (χ1n) is 5.76. The molecular formula is C15H18N2O. The van der Waals surface area contributed by atoms with Gasteiger partial charge in [-0.15, -0.1) is 0 Å². The van der Waals surface area contributed by atoms with Crippen molar-refractivity contribution in [2.45, 2.75) is 13.8 Å². The van der Waals surface area contributed by atoms with Gasteiger partial charge in [-0.3, -0.25) is 9.78 Å². The Morgan fingerprint density at radius 2 is 2.11 bits per heavy atom. The summed E-state index contributed by atoms with van der Waals surface area (Å²) in [5.41, 5.74) is 8.29. The summed E-state index contributed by atoms with van der Waals surface area (Å²) in [6, 6.07) is 1.74. The first-order chi connectivity index (χ1) is 8.51. The Morgan fingerprint density at radius 1 is 1.44 bits per heavy atom. The molecule has 0 aliphatic rings. The van der Waals surface area contributed by atoms with Crippen LogP contribution in [0.2, 0.25) is 0 Å². The van der Waals surface area contributed by atoms with Crippen molar-refractivity contribution in [3.05, 3.63) is 54.9 Å². The van der Waals surface area contributed by atoms with Crippen LogP contribution in [0.4, 0.5) is 5.69 Å². The summed E-state index contributed by atoms with van der Waals surface area (Å²) >= 11 is 0. The number of hydrogen-bond acceptors (Lipinski definition) is 3. The minimum Gasteiger partial charge on any atom is -0.397 e. The van der Waals surface area contributed by atoms with E-state index >= 15 is 0 Å². The zero-order valence-electron chi connectivity index (χ0n) is 10.8. The van der Waals surface area contributed by atoms with Crippen LogP contribution in [0.3, 0.4) is 0 Å². The topological polar surface area (TPSA) is 56.0 Å². The lowest BCUT2D eigenvalue weighted by Crippen LogP contribution is -2.12. The average Bonchev–Trinajstić information content (AvgIpc) is 2.34. The van der Waals surface area contributed by atoms with Gasteiger partial charge in [-0.2, -0.15) is 0 Å². The van der Waals surface area contributed by atoms with Gasteiger partial charge in [0.25, 0.3) is 0 Å². The number of carbonyl (C=O) groups excluding carboxylic acids is 1. The van der Waals surface area contributed by atoms with E-state index in [4.69, 9.17) is 5.73 Å². The number of hydrogen-bond donors (Lipinski definition) is 1. The van der Waals surface area contributed by atoms with Crippen molar-refractivity contribution in [3.63, 3.8) is 0 Å². The molecule has 94 valence electrons. The molecule has 0 unspecified atom stereocenters. The van der Waals surface area contributed by atoms with E-state index in [0.717, 1.165) is 11.1 Å². The molecule has 0 fully saturated rings. The van der Waals surface area contributed by atoms with Gasteiger partial charge in [0, 0.05) is 17.7 Å². The van der Waals surface area contributed by atoms with E-state index in [9.17, 15) is 4.79 Å². The Morgan fingerprint density at radius 3 is 2.56 bits per heavy atom. The lowest BCUT2D eigenvalue weighted by Gasteiger charge is -2.09. The molecule has 0 radical (unpaired) electrons. The Bertz CT molecular complexity index is 513. The number of nitrogen functional groups attached to an aromatic ring is 1. The van der Waals surface area contributed by atoms with Gasteiger partial charge >= 0.3 is 0 Å². The highest BCUT2D eigenvalue weighted by molar-refractivity contribution is 6.00. The van der Waals surface area contributed by atoms with Crippen molar-refractivity contribution in [1.29, 1.82) is 0 Å². The van der Waals surface area contributed by atoms with E-state index in [2.05, 4.69) is 18.1 Å². The summed E-state index contributed by atoms with van der Waals surface area (Å²) in [7, 11) is 0. The molecule has 1 rings (SSSR count). The molecule has 1 aromatic heterocycles. The molecule has 0 saturated heterocycles. The van der Waals surface area contributed by atoms with Gasteiger partial charge in [-0.1, -0.05) is 45.2 Å². The molecule has 0 aromatic carbocycles. The minimum absolute atomic E-state index is 0.0492. The first-order valence-corrected chi connectivity index (χ1v) is 5.76. The maximum Gasteiger partial charge on any atom is 0.185 e. The SMILES string of the molecule is C=C/C=C(\C=C)c1cnc(C(=O)C(C)C)c(N)c1. The summed E-state index contributed by atoms with van der Waals surface area (Å²) in [6.07, 6.45) is 6.80. The third-order valence-corrected chi connectivity index (χ3v) is 2.53. The zero-order valence-corrected chi connectivity index (χ0v) is 10.8.